The Morgan fingerprint density at radius 1 is 1.23 bits per heavy atom. The lowest BCUT2D eigenvalue weighted by Gasteiger charge is -2.17. The van der Waals surface area contributed by atoms with Gasteiger partial charge in [-0.1, -0.05) is 0 Å². The Bertz CT molecular complexity index is 830. The van der Waals surface area contributed by atoms with E-state index in [2.05, 4.69) is 10.3 Å². The fourth-order valence-corrected chi connectivity index (χ4v) is 3.28. The maximum atomic E-state index is 12.9. The van der Waals surface area contributed by atoms with E-state index in [4.69, 9.17) is 5.73 Å². The van der Waals surface area contributed by atoms with Gasteiger partial charge in [0.1, 0.15) is 11.6 Å². The molecule has 0 spiro atoms. The number of benzene rings is 1. The first kappa shape index (κ1) is 21.8. The molecule has 0 aliphatic carbocycles. The SMILES string of the molecule is CN(CCCC(=O)Nc1ccc(N)nc1)S(=O)(=O)c1ccc(F)cc1.Cl. The van der Waals surface area contributed by atoms with Crippen LogP contribution >= 0.6 is 12.4 Å². The van der Waals surface area contributed by atoms with Crippen molar-refractivity contribution in [2.45, 2.75) is 17.7 Å². The number of nitrogens with one attached hydrogen (secondary N) is 1. The summed E-state index contributed by atoms with van der Waals surface area (Å²) in [6.07, 6.45) is 1.93. The number of amides is 1. The molecule has 0 bridgehead atoms. The lowest BCUT2D eigenvalue weighted by Crippen LogP contribution is -2.28. The molecule has 3 N–H and O–H groups in total. The molecule has 142 valence electrons. The van der Waals surface area contributed by atoms with E-state index in [0.717, 1.165) is 16.4 Å². The first-order valence-electron chi connectivity index (χ1n) is 7.52. The summed E-state index contributed by atoms with van der Waals surface area (Å²) in [5.74, 6) is -0.403. The zero-order valence-corrected chi connectivity index (χ0v) is 15.7. The van der Waals surface area contributed by atoms with Crippen LogP contribution in [-0.2, 0) is 14.8 Å². The zero-order chi connectivity index (χ0) is 18.4. The molecule has 26 heavy (non-hydrogen) atoms. The summed E-state index contributed by atoms with van der Waals surface area (Å²) in [6.45, 7) is 0.160. The summed E-state index contributed by atoms with van der Waals surface area (Å²) in [5, 5.41) is 2.65. The van der Waals surface area contributed by atoms with E-state index in [0.29, 0.717) is 17.9 Å². The number of carbonyl (C=O) groups is 1. The zero-order valence-electron chi connectivity index (χ0n) is 14.1. The molecule has 7 nitrogen and oxygen atoms in total. The highest BCUT2D eigenvalue weighted by molar-refractivity contribution is 7.89. The highest BCUT2D eigenvalue weighted by atomic mass is 35.5. The minimum atomic E-state index is -3.71. The van der Waals surface area contributed by atoms with Gasteiger partial charge in [0, 0.05) is 20.0 Å². The van der Waals surface area contributed by atoms with Gasteiger partial charge in [-0.25, -0.2) is 22.1 Å². The molecule has 0 saturated carbocycles. The van der Waals surface area contributed by atoms with Crippen LogP contribution in [0.4, 0.5) is 15.9 Å². The summed E-state index contributed by atoms with van der Waals surface area (Å²) in [7, 11) is -2.29. The Morgan fingerprint density at radius 3 is 2.46 bits per heavy atom. The van der Waals surface area contributed by atoms with Crippen LogP contribution in [0, 0.1) is 5.82 Å². The molecule has 1 heterocycles. The van der Waals surface area contributed by atoms with Gasteiger partial charge < -0.3 is 11.1 Å². The molecule has 0 fully saturated rings. The van der Waals surface area contributed by atoms with E-state index in [1.807, 2.05) is 0 Å². The Morgan fingerprint density at radius 2 is 1.88 bits per heavy atom. The van der Waals surface area contributed by atoms with Gasteiger partial charge in [0.05, 0.1) is 16.8 Å². The van der Waals surface area contributed by atoms with Crippen LogP contribution in [0.3, 0.4) is 0 Å². The molecule has 0 aliphatic rings. The van der Waals surface area contributed by atoms with Crippen LogP contribution in [0.15, 0.2) is 47.5 Å². The lowest BCUT2D eigenvalue weighted by atomic mass is 10.3. The fraction of sp³-hybridized carbons (Fsp3) is 0.250. The van der Waals surface area contributed by atoms with Crippen LogP contribution in [0.1, 0.15) is 12.8 Å². The molecule has 2 rings (SSSR count). The number of rotatable bonds is 7. The number of anilines is 2. The van der Waals surface area contributed by atoms with Gasteiger partial charge in [-0.05, 0) is 42.8 Å². The molecule has 0 radical (unpaired) electrons. The first-order valence-corrected chi connectivity index (χ1v) is 8.96. The van der Waals surface area contributed by atoms with Crippen molar-refractivity contribution in [1.82, 2.24) is 9.29 Å². The smallest absolute Gasteiger partial charge is 0.242 e. The molecule has 1 amide bonds. The van der Waals surface area contributed by atoms with Crippen LogP contribution < -0.4 is 11.1 Å². The standard InChI is InChI=1S/C16H19FN4O3S.ClH/c1-21(25(23,24)14-7-4-12(17)5-8-14)10-2-3-16(22)20-13-6-9-15(18)19-11-13;/h4-9,11H,2-3,10H2,1H3,(H2,18,19)(H,20,22);1H. The molecular formula is C16H20ClFN4O3S. The largest absolute Gasteiger partial charge is 0.384 e. The van der Waals surface area contributed by atoms with Gasteiger partial charge in [-0.15, -0.1) is 12.4 Å². The molecule has 0 aliphatic heterocycles. The number of nitrogen functional groups attached to an aromatic ring is 1. The number of halogens is 2. The molecule has 1 aromatic carbocycles. The third-order valence-corrected chi connectivity index (χ3v) is 5.34. The third-order valence-electron chi connectivity index (χ3n) is 3.47. The number of aromatic nitrogens is 1. The second-order valence-corrected chi connectivity index (χ2v) is 7.45. The highest BCUT2D eigenvalue weighted by Gasteiger charge is 2.20. The topological polar surface area (TPSA) is 105 Å². The third kappa shape index (κ3) is 5.94. The monoisotopic (exact) mass is 402 g/mol. The van der Waals surface area contributed by atoms with Crippen LogP contribution in [0.25, 0.3) is 0 Å². The van der Waals surface area contributed by atoms with Crippen molar-refractivity contribution in [2.24, 2.45) is 0 Å². The minimum absolute atomic E-state index is 0. The van der Waals surface area contributed by atoms with E-state index in [1.54, 1.807) is 12.1 Å². The Balaban J connectivity index is 0.00000338. The number of nitrogens with zero attached hydrogens (tertiary/aromatic N) is 2. The molecule has 0 saturated heterocycles. The predicted octanol–water partition coefficient (Wildman–Crippen LogP) is 2.26. The number of pyridine rings is 1. The molecule has 2 aromatic rings. The molecule has 10 heteroatoms. The second-order valence-electron chi connectivity index (χ2n) is 5.40. The van der Waals surface area contributed by atoms with Gasteiger partial charge in [-0.3, -0.25) is 4.79 Å². The van der Waals surface area contributed by atoms with Gasteiger partial charge in [-0.2, -0.15) is 0 Å². The number of carbonyl (C=O) groups excluding carboxylic acids is 1. The summed E-state index contributed by atoms with van der Waals surface area (Å²) in [5.41, 5.74) is 5.98. The maximum Gasteiger partial charge on any atom is 0.242 e. The molecule has 1 aromatic heterocycles. The van der Waals surface area contributed by atoms with Crippen molar-refractivity contribution in [3.63, 3.8) is 0 Å². The lowest BCUT2D eigenvalue weighted by molar-refractivity contribution is -0.116. The predicted molar refractivity (Wildman–Crippen MR) is 100.0 cm³/mol. The quantitative estimate of drug-likeness (QED) is 0.739. The summed E-state index contributed by atoms with van der Waals surface area (Å²) < 4.78 is 38.7. The Hall–Kier alpha value is -2.23. The summed E-state index contributed by atoms with van der Waals surface area (Å²) in [6, 6.07) is 7.80. The van der Waals surface area contributed by atoms with Crippen molar-refractivity contribution in [3.8, 4) is 0 Å². The number of nitrogens with two attached hydrogens (primary N) is 1. The maximum absolute atomic E-state index is 12.9. The van der Waals surface area contributed by atoms with E-state index >= 15 is 0 Å². The van der Waals surface area contributed by atoms with E-state index in [1.165, 1.54) is 25.4 Å². The van der Waals surface area contributed by atoms with Crippen molar-refractivity contribution in [3.05, 3.63) is 48.4 Å². The van der Waals surface area contributed by atoms with Gasteiger partial charge in [0.2, 0.25) is 15.9 Å². The fourth-order valence-electron chi connectivity index (χ4n) is 2.07. The molecule has 0 atom stereocenters. The van der Waals surface area contributed by atoms with Gasteiger partial charge in [0.25, 0.3) is 0 Å². The summed E-state index contributed by atoms with van der Waals surface area (Å²) >= 11 is 0. The van der Waals surface area contributed by atoms with Crippen molar-refractivity contribution >= 4 is 39.8 Å². The van der Waals surface area contributed by atoms with Crippen LogP contribution in [-0.4, -0.2) is 37.2 Å². The normalized spacial score (nSPS) is 11.0. The van der Waals surface area contributed by atoms with E-state index in [9.17, 15) is 17.6 Å². The van der Waals surface area contributed by atoms with E-state index in [-0.39, 0.29) is 36.2 Å². The van der Waals surface area contributed by atoms with Gasteiger partial charge >= 0.3 is 0 Å². The Labute approximate surface area is 157 Å². The van der Waals surface area contributed by atoms with Crippen molar-refractivity contribution in [2.75, 3.05) is 24.6 Å². The molecular weight excluding hydrogens is 383 g/mol. The average molecular weight is 403 g/mol. The highest BCUT2D eigenvalue weighted by Crippen LogP contribution is 2.15. The summed E-state index contributed by atoms with van der Waals surface area (Å²) in [4.78, 5) is 15.7. The molecule has 0 unspecified atom stereocenters. The van der Waals surface area contributed by atoms with Crippen molar-refractivity contribution in [1.29, 1.82) is 0 Å². The van der Waals surface area contributed by atoms with Crippen LogP contribution in [0.2, 0.25) is 0 Å². The first-order chi connectivity index (χ1) is 11.8. The average Bonchev–Trinajstić information content (AvgIpc) is 2.57. The Kier molecular flexibility index (Phi) is 7.94. The minimum Gasteiger partial charge on any atom is -0.384 e. The van der Waals surface area contributed by atoms with Gasteiger partial charge in [0.15, 0.2) is 0 Å². The second kappa shape index (κ2) is 9.46. The van der Waals surface area contributed by atoms with Crippen LogP contribution in [0.5, 0.6) is 0 Å². The van der Waals surface area contributed by atoms with E-state index < -0.39 is 15.8 Å². The number of hydrogen-bond acceptors (Lipinski definition) is 5. The number of sulfonamides is 1. The van der Waals surface area contributed by atoms with Crippen molar-refractivity contribution < 1.29 is 17.6 Å². The number of hydrogen-bond donors (Lipinski definition) is 2.